The topological polar surface area (TPSA) is 21.3 Å². The Morgan fingerprint density at radius 3 is 3.07 bits per heavy atom. The van der Waals surface area contributed by atoms with Crippen LogP contribution in [-0.2, 0) is 4.74 Å². The molecule has 0 aromatic heterocycles. The van der Waals surface area contributed by atoms with Gasteiger partial charge in [-0.3, -0.25) is 0 Å². The maximum atomic E-state index is 5.57. The van der Waals surface area contributed by atoms with Crippen molar-refractivity contribution in [2.75, 3.05) is 24.7 Å². The third-order valence-corrected chi connectivity index (χ3v) is 3.71. The summed E-state index contributed by atoms with van der Waals surface area (Å²) < 4.78 is 5.57. The maximum absolute atomic E-state index is 5.57. The first-order chi connectivity index (χ1) is 6.83. The van der Waals surface area contributed by atoms with E-state index in [0.29, 0.717) is 12.1 Å². The summed E-state index contributed by atoms with van der Waals surface area (Å²) in [5, 5.41) is 3.43. The van der Waals surface area contributed by atoms with E-state index in [1.807, 2.05) is 11.8 Å². The predicted octanol–water partition coefficient (Wildman–Crippen LogP) is 2.29. The van der Waals surface area contributed by atoms with Crippen molar-refractivity contribution in [2.45, 2.75) is 45.3 Å². The highest BCUT2D eigenvalue weighted by molar-refractivity contribution is 7.99. The molecule has 0 spiro atoms. The lowest BCUT2D eigenvalue weighted by atomic mass is 10.2. The molecule has 0 radical (unpaired) electrons. The largest absolute Gasteiger partial charge is 0.377 e. The second-order valence-corrected chi connectivity index (χ2v) is 5.11. The Labute approximate surface area is 92.2 Å². The molecule has 2 atom stereocenters. The van der Waals surface area contributed by atoms with E-state index in [4.69, 9.17) is 4.74 Å². The second-order valence-electron chi connectivity index (χ2n) is 3.96. The summed E-state index contributed by atoms with van der Waals surface area (Å²) in [5.41, 5.74) is 0. The Morgan fingerprint density at radius 2 is 2.43 bits per heavy atom. The van der Waals surface area contributed by atoms with Crippen LogP contribution in [0.3, 0.4) is 0 Å². The SMILES string of the molecule is CCNC(C)CCSCC1CCCO1. The molecule has 1 aliphatic rings. The van der Waals surface area contributed by atoms with Gasteiger partial charge in [0, 0.05) is 18.4 Å². The van der Waals surface area contributed by atoms with E-state index in [-0.39, 0.29) is 0 Å². The van der Waals surface area contributed by atoms with Gasteiger partial charge in [0.05, 0.1) is 6.10 Å². The minimum atomic E-state index is 0.550. The smallest absolute Gasteiger partial charge is 0.0666 e. The van der Waals surface area contributed by atoms with Crippen LogP contribution in [0.15, 0.2) is 0 Å². The van der Waals surface area contributed by atoms with Crippen molar-refractivity contribution in [3.63, 3.8) is 0 Å². The third kappa shape index (κ3) is 5.23. The van der Waals surface area contributed by atoms with Gasteiger partial charge >= 0.3 is 0 Å². The van der Waals surface area contributed by atoms with E-state index in [0.717, 1.165) is 13.2 Å². The van der Waals surface area contributed by atoms with E-state index >= 15 is 0 Å². The average molecular weight is 217 g/mol. The van der Waals surface area contributed by atoms with Gasteiger partial charge < -0.3 is 10.1 Å². The van der Waals surface area contributed by atoms with Gasteiger partial charge in [0.15, 0.2) is 0 Å². The summed E-state index contributed by atoms with van der Waals surface area (Å²) >= 11 is 2.04. The van der Waals surface area contributed by atoms with Crippen LogP contribution in [0, 0.1) is 0 Å². The number of hydrogen-bond acceptors (Lipinski definition) is 3. The van der Waals surface area contributed by atoms with Crippen LogP contribution in [-0.4, -0.2) is 36.8 Å². The molecule has 0 aromatic rings. The van der Waals surface area contributed by atoms with E-state index in [2.05, 4.69) is 19.2 Å². The molecule has 14 heavy (non-hydrogen) atoms. The fourth-order valence-electron chi connectivity index (χ4n) is 1.70. The highest BCUT2D eigenvalue weighted by atomic mass is 32.2. The summed E-state index contributed by atoms with van der Waals surface area (Å²) in [6.07, 6.45) is 4.36. The number of thioether (sulfide) groups is 1. The lowest BCUT2D eigenvalue weighted by Gasteiger charge is -2.12. The van der Waals surface area contributed by atoms with Crippen LogP contribution in [0.1, 0.15) is 33.1 Å². The molecule has 1 heterocycles. The standard InChI is InChI=1S/C11H23NOS/c1-3-12-10(2)6-8-14-9-11-5-4-7-13-11/h10-12H,3-9H2,1-2H3. The van der Waals surface area contributed by atoms with Gasteiger partial charge in [-0.2, -0.15) is 11.8 Å². The highest BCUT2D eigenvalue weighted by Crippen LogP contribution is 2.17. The van der Waals surface area contributed by atoms with Crippen molar-refractivity contribution in [1.82, 2.24) is 5.32 Å². The minimum Gasteiger partial charge on any atom is -0.377 e. The first-order valence-corrected chi connectivity index (χ1v) is 6.91. The summed E-state index contributed by atoms with van der Waals surface area (Å²) in [6, 6.07) is 0.664. The molecule has 0 aromatic carbocycles. The van der Waals surface area contributed by atoms with Crippen LogP contribution in [0.2, 0.25) is 0 Å². The molecule has 2 nitrogen and oxygen atoms in total. The number of nitrogens with one attached hydrogen (secondary N) is 1. The van der Waals surface area contributed by atoms with Crippen molar-refractivity contribution < 1.29 is 4.74 Å². The molecule has 1 aliphatic heterocycles. The van der Waals surface area contributed by atoms with E-state index < -0.39 is 0 Å². The van der Waals surface area contributed by atoms with Crippen LogP contribution in [0.4, 0.5) is 0 Å². The lowest BCUT2D eigenvalue weighted by molar-refractivity contribution is 0.129. The molecule has 84 valence electrons. The zero-order valence-electron chi connectivity index (χ0n) is 9.42. The van der Waals surface area contributed by atoms with Crippen LogP contribution in [0.25, 0.3) is 0 Å². The molecule has 1 fully saturated rings. The molecule has 0 bridgehead atoms. The van der Waals surface area contributed by atoms with Crippen LogP contribution >= 0.6 is 11.8 Å². The number of hydrogen-bond donors (Lipinski definition) is 1. The summed E-state index contributed by atoms with van der Waals surface area (Å²) in [6.45, 7) is 6.49. The molecular weight excluding hydrogens is 194 g/mol. The summed E-state index contributed by atoms with van der Waals surface area (Å²) in [5.74, 6) is 2.45. The third-order valence-electron chi connectivity index (χ3n) is 2.58. The minimum absolute atomic E-state index is 0.550. The lowest BCUT2D eigenvalue weighted by Crippen LogP contribution is -2.26. The van der Waals surface area contributed by atoms with Gasteiger partial charge in [0.2, 0.25) is 0 Å². The van der Waals surface area contributed by atoms with Gasteiger partial charge in [-0.1, -0.05) is 6.92 Å². The monoisotopic (exact) mass is 217 g/mol. The Morgan fingerprint density at radius 1 is 1.57 bits per heavy atom. The molecule has 0 amide bonds. The normalized spacial score (nSPS) is 24.0. The molecule has 1 rings (SSSR count). The highest BCUT2D eigenvalue weighted by Gasteiger charge is 2.14. The quantitative estimate of drug-likeness (QED) is 0.661. The number of rotatable bonds is 7. The molecule has 0 saturated carbocycles. The summed E-state index contributed by atoms with van der Waals surface area (Å²) in [7, 11) is 0. The van der Waals surface area contributed by atoms with Gasteiger partial charge in [0.1, 0.15) is 0 Å². The van der Waals surface area contributed by atoms with Crippen LogP contribution in [0.5, 0.6) is 0 Å². The van der Waals surface area contributed by atoms with E-state index in [9.17, 15) is 0 Å². The maximum Gasteiger partial charge on any atom is 0.0666 e. The van der Waals surface area contributed by atoms with Crippen molar-refractivity contribution in [1.29, 1.82) is 0 Å². The zero-order chi connectivity index (χ0) is 10.2. The Hall–Kier alpha value is 0.270. The Bertz CT molecular complexity index is 137. The predicted molar refractivity (Wildman–Crippen MR) is 64.1 cm³/mol. The zero-order valence-corrected chi connectivity index (χ0v) is 10.2. The fourth-order valence-corrected chi connectivity index (χ4v) is 2.91. The molecular formula is C11H23NOS. The Balaban J connectivity index is 1.88. The second kappa shape index (κ2) is 7.55. The average Bonchev–Trinajstić information content (AvgIpc) is 2.65. The summed E-state index contributed by atoms with van der Waals surface area (Å²) in [4.78, 5) is 0. The van der Waals surface area contributed by atoms with E-state index in [1.165, 1.54) is 30.8 Å². The van der Waals surface area contributed by atoms with Crippen molar-refractivity contribution in [3.05, 3.63) is 0 Å². The van der Waals surface area contributed by atoms with E-state index in [1.54, 1.807) is 0 Å². The first-order valence-electron chi connectivity index (χ1n) is 5.75. The van der Waals surface area contributed by atoms with Crippen molar-refractivity contribution >= 4 is 11.8 Å². The van der Waals surface area contributed by atoms with Gasteiger partial charge in [-0.25, -0.2) is 0 Å². The fraction of sp³-hybridized carbons (Fsp3) is 1.00. The number of ether oxygens (including phenoxy) is 1. The Kier molecular flexibility index (Phi) is 6.65. The van der Waals surface area contributed by atoms with Crippen molar-refractivity contribution in [2.24, 2.45) is 0 Å². The van der Waals surface area contributed by atoms with Crippen LogP contribution < -0.4 is 5.32 Å². The molecule has 3 heteroatoms. The van der Waals surface area contributed by atoms with Gasteiger partial charge in [-0.05, 0) is 38.5 Å². The molecule has 0 aliphatic carbocycles. The van der Waals surface area contributed by atoms with Gasteiger partial charge in [-0.15, -0.1) is 0 Å². The molecule has 2 unspecified atom stereocenters. The van der Waals surface area contributed by atoms with Crippen molar-refractivity contribution in [3.8, 4) is 0 Å². The molecule has 1 saturated heterocycles. The molecule has 1 N–H and O–H groups in total. The van der Waals surface area contributed by atoms with Gasteiger partial charge in [0.25, 0.3) is 0 Å². The first kappa shape index (κ1) is 12.3.